The normalized spacial score (nSPS) is 15.5. The van der Waals surface area contributed by atoms with E-state index in [0.29, 0.717) is 17.9 Å². The molecule has 1 rings (SSSR count). The van der Waals surface area contributed by atoms with Gasteiger partial charge in [-0.05, 0) is 24.3 Å². The van der Waals surface area contributed by atoms with Gasteiger partial charge in [0.2, 0.25) is 17.7 Å². The van der Waals surface area contributed by atoms with Crippen LogP contribution >= 0.6 is 11.8 Å². The van der Waals surface area contributed by atoms with E-state index in [9.17, 15) is 29.4 Å². The third-order valence-electron chi connectivity index (χ3n) is 5.17. The van der Waals surface area contributed by atoms with E-state index in [0.717, 1.165) is 0 Å². The van der Waals surface area contributed by atoms with E-state index >= 15 is 0 Å². The van der Waals surface area contributed by atoms with Crippen molar-refractivity contribution in [3.63, 3.8) is 0 Å². The minimum absolute atomic E-state index is 0.191. The van der Waals surface area contributed by atoms with Gasteiger partial charge in [0.1, 0.15) is 18.1 Å². The zero-order chi connectivity index (χ0) is 25.0. The van der Waals surface area contributed by atoms with Crippen molar-refractivity contribution in [2.45, 2.75) is 57.3 Å². The number of imidazole rings is 1. The molecule has 0 saturated carbocycles. The van der Waals surface area contributed by atoms with Gasteiger partial charge in [0.05, 0.1) is 19.0 Å². The number of amides is 3. The zero-order valence-corrected chi connectivity index (χ0v) is 19.9. The van der Waals surface area contributed by atoms with Crippen LogP contribution in [0, 0.1) is 5.92 Å². The predicted octanol–water partition coefficient (Wildman–Crippen LogP) is -1.39. The number of thioether (sulfide) groups is 1. The second-order valence-electron chi connectivity index (χ2n) is 7.68. The fraction of sp³-hybridized carbons (Fsp3) is 0.650. The summed E-state index contributed by atoms with van der Waals surface area (Å²) in [6, 6.07) is -4.47. The van der Waals surface area contributed by atoms with Crippen molar-refractivity contribution < 1.29 is 29.4 Å². The quantitative estimate of drug-likeness (QED) is 0.156. The molecule has 8 N–H and O–H groups in total. The van der Waals surface area contributed by atoms with Gasteiger partial charge in [-0.15, -0.1) is 0 Å². The first kappa shape index (κ1) is 28.4. The molecule has 13 heteroatoms. The number of aliphatic hydroxyl groups excluding tert-OH is 1. The first-order valence-corrected chi connectivity index (χ1v) is 12.0. The standard InChI is InChI=1S/C20H34N6O6S/c1-4-11(2)16(20(31)32)26-19(30)15(9-27)25-18(29)14(5-6-33-3)24-17(28)13(21)7-12-8-22-10-23-12/h8,10-11,13-16,27H,4-7,9,21H2,1-3H3,(H,22,23)(H,24,28)(H,25,29)(H,26,30)(H,31,32). The third-order valence-corrected chi connectivity index (χ3v) is 5.81. The zero-order valence-electron chi connectivity index (χ0n) is 19.0. The Morgan fingerprint density at radius 3 is 2.30 bits per heavy atom. The lowest BCUT2D eigenvalue weighted by molar-refractivity contribution is -0.144. The highest BCUT2D eigenvalue weighted by atomic mass is 32.2. The maximum Gasteiger partial charge on any atom is 0.326 e. The van der Waals surface area contributed by atoms with Crippen LogP contribution in [-0.2, 0) is 25.6 Å². The Balaban J connectivity index is 2.82. The van der Waals surface area contributed by atoms with E-state index in [4.69, 9.17) is 5.73 Å². The summed E-state index contributed by atoms with van der Waals surface area (Å²) in [7, 11) is 0. The number of carbonyl (C=O) groups is 4. The number of aromatic nitrogens is 2. The maximum absolute atomic E-state index is 12.8. The van der Waals surface area contributed by atoms with Gasteiger partial charge in [-0.2, -0.15) is 11.8 Å². The van der Waals surface area contributed by atoms with Crippen LogP contribution in [0.5, 0.6) is 0 Å². The molecule has 0 spiro atoms. The Hall–Kier alpha value is -2.64. The highest BCUT2D eigenvalue weighted by Crippen LogP contribution is 2.09. The molecule has 0 radical (unpaired) electrons. The van der Waals surface area contributed by atoms with E-state index in [1.54, 1.807) is 20.0 Å². The molecule has 0 aliphatic heterocycles. The fourth-order valence-electron chi connectivity index (χ4n) is 2.91. The number of aliphatic hydroxyl groups is 1. The smallest absolute Gasteiger partial charge is 0.326 e. The van der Waals surface area contributed by atoms with Crippen molar-refractivity contribution in [2.75, 3.05) is 18.6 Å². The molecule has 5 atom stereocenters. The number of carboxylic acids is 1. The second-order valence-corrected chi connectivity index (χ2v) is 8.67. The Kier molecular flexibility index (Phi) is 12.5. The minimum atomic E-state index is -1.38. The van der Waals surface area contributed by atoms with Crippen molar-refractivity contribution in [1.29, 1.82) is 0 Å². The van der Waals surface area contributed by atoms with Crippen LogP contribution in [0.15, 0.2) is 12.5 Å². The first-order chi connectivity index (χ1) is 15.6. The van der Waals surface area contributed by atoms with E-state index < -0.39 is 54.5 Å². The summed E-state index contributed by atoms with van der Waals surface area (Å²) in [4.78, 5) is 56.0. The van der Waals surface area contributed by atoms with Crippen LogP contribution in [0.3, 0.4) is 0 Å². The van der Waals surface area contributed by atoms with Crippen molar-refractivity contribution in [1.82, 2.24) is 25.9 Å². The van der Waals surface area contributed by atoms with Crippen molar-refractivity contribution >= 4 is 35.5 Å². The van der Waals surface area contributed by atoms with Crippen LogP contribution in [0.4, 0.5) is 0 Å². The summed E-state index contributed by atoms with van der Waals surface area (Å²) in [5.74, 6) is -3.10. The van der Waals surface area contributed by atoms with Gasteiger partial charge in [-0.3, -0.25) is 14.4 Å². The molecule has 186 valence electrons. The minimum Gasteiger partial charge on any atom is -0.480 e. The largest absolute Gasteiger partial charge is 0.480 e. The maximum atomic E-state index is 12.8. The number of rotatable bonds is 15. The molecule has 0 bridgehead atoms. The third kappa shape index (κ3) is 9.40. The summed E-state index contributed by atoms with van der Waals surface area (Å²) in [5.41, 5.74) is 6.59. The molecular weight excluding hydrogens is 452 g/mol. The monoisotopic (exact) mass is 486 g/mol. The average molecular weight is 487 g/mol. The van der Waals surface area contributed by atoms with E-state index in [1.807, 2.05) is 6.26 Å². The number of nitrogens with one attached hydrogen (secondary N) is 4. The van der Waals surface area contributed by atoms with Crippen molar-refractivity contribution in [3.8, 4) is 0 Å². The molecule has 1 heterocycles. The number of aliphatic carboxylic acids is 1. The van der Waals surface area contributed by atoms with Crippen LogP contribution in [0.1, 0.15) is 32.4 Å². The molecule has 1 aromatic rings. The number of H-pyrrole nitrogens is 1. The Bertz CT molecular complexity index is 777. The number of aromatic amines is 1. The van der Waals surface area contributed by atoms with Gasteiger partial charge in [0, 0.05) is 18.3 Å². The summed E-state index contributed by atoms with van der Waals surface area (Å²) in [5, 5.41) is 26.3. The summed E-state index contributed by atoms with van der Waals surface area (Å²) in [6.07, 6.45) is 5.81. The molecule has 33 heavy (non-hydrogen) atoms. The van der Waals surface area contributed by atoms with Gasteiger partial charge in [-0.1, -0.05) is 20.3 Å². The number of nitrogens with two attached hydrogens (primary N) is 1. The van der Waals surface area contributed by atoms with E-state index in [1.165, 1.54) is 18.1 Å². The fourth-order valence-corrected chi connectivity index (χ4v) is 3.38. The molecule has 3 amide bonds. The molecular formula is C20H34N6O6S. The molecule has 0 aliphatic rings. The highest BCUT2D eigenvalue weighted by molar-refractivity contribution is 7.98. The molecule has 5 unspecified atom stereocenters. The average Bonchev–Trinajstić information content (AvgIpc) is 3.30. The van der Waals surface area contributed by atoms with Crippen molar-refractivity contribution in [2.24, 2.45) is 11.7 Å². The van der Waals surface area contributed by atoms with Gasteiger partial charge in [0.25, 0.3) is 0 Å². The summed E-state index contributed by atoms with van der Waals surface area (Å²) in [6.45, 7) is 2.72. The van der Waals surface area contributed by atoms with Crippen LogP contribution < -0.4 is 21.7 Å². The Morgan fingerprint density at radius 1 is 1.15 bits per heavy atom. The van der Waals surface area contributed by atoms with Crippen LogP contribution in [0.2, 0.25) is 0 Å². The van der Waals surface area contributed by atoms with E-state index in [2.05, 4.69) is 25.9 Å². The summed E-state index contributed by atoms with van der Waals surface area (Å²) < 4.78 is 0. The predicted molar refractivity (Wildman–Crippen MR) is 123 cm³/mol. The number of hydrogen-bond donors (Lipinski definition) is 7. The second kappa shape index (κ2) is 14.5. The number of carbonyl (C=O) groups excluding carboxylic acids is 3. The Morgan fingerprint density at radius 2 is 1.79 bits per heavy atom. The molecule has 12 nitrogen and oxygen atoms in total. The van der Waals surface area contributed by atoms with Crippen LogP contribution in [0.25, 0.3) is 0 Å². The van der Waals surface area contributed by atoms with Gasteiger partial charge >= 0.3 is 5.97 Å². The molecule has 0 aromatic carbocycles. The topological polar surface area (TPSA) is 200 Å². The van der Waals surface area contributed by atoms with E-state index in [-0.39, 0.29) is 18.8 Å². The van der Waals surface area contributed by atoms with Gasteiger partial charge in [0.15, 0.2) is 0 Å². The van der Waals surface area contributed by atoms with Crippen molar-refractivity contribution in [3.05, 3.63) is 18.2 Å². The first-order valence-electron chi connectivity index (χ1n) is 10.6. The lowest BCUT2D eigenvalue weighted by atomic mass is 9.99. The molecule has 0 saturated heterocycles. The summed E-state index contributed by atoms with van der Waals surface area (Å²) >= 11 is 1.47. The van der Waals surface area contributed by atoms with Crippen LogP contribution in [-0.4, -0.2) is 86.7 Å². The van der Waals surface area contributed by atoms with Gasteiger partial charge in [-0.25, -0.2) is 9.78 Å². The molecule has 0 fully saturated rings. The molecule has 1 aromatic heterocycles. The highest BCUT2D eigenvalue weighted by Gasteiger charge is 2.31. The Labute approximate surface area is 196 Å². The lowest BCUT2D eigenvalue weighted by Gasteiger charge is -2.25. The molecule has 0 aliphatic carbocycles. The number of hydrogen-bond acceptors (Lipinski definition) is 8. The number of carboxylic acid groups (broad SMARTS) is 1. The lowest BCUT2D eigenvalue weighted by Crippen LogP contribution is -2.58. The number of nitrogens with zero attached hydrogens (tertiary/aromatic N) is 1. The SMILES string of the molecule is CCC(C)C(NC(=O)C(CO)NC(=O)C(CCSC)NC(=O)C(N)Cc1cnc[nH]1)C(=O)O. The van der Waals surface area contributed by atoms with Gasteiger partial charge < -0.3 is 36.9 Å².